The van der Waals surface area contributed by atoms with Crippen molar-refractivity contribution in [3.05, 3.63) is 36.0 Å². The molecule has 2 heterocycles. The number of ether oxygens (including phenoxy) is 1. The third-order valence-electron chi connectivity index (χ3n) is 7.14. The molecular formula is C26H37N3O3. The van der Waals surface area contributed by atoms with Crippen molar-refractivity contribution < 1.29 is 14.3 Å². The number of rotatable bonds is 7. The molecule has 1 aliphatic carbocycles. The van der Waals surface area contributed by atoms with E-state index in [9.17, 15) is 9.59 Å². The van der Waals surface area contributed by atoms with Crippen LogP contribution in [0.1, 0.15) is 75.7 Å². The second-order valence-corrected chi connectivity index (χ2v) is 9.47. The molecule has 1 saturated carbocycles. The normalized spacial score (nSPS) is 22.4. The number of benzene rings is 1. The summed E-state index contributed by atoms with van der Waals surface area (Å²) in [6.07, 6.45) is 8.86. The van der Waals surface area contributed by atoms with Crippen LogP contribution in [0.2, 0.25) is 0 Å². The van der Waals surface area contributed by atoms with Crippen LogP contribution in [-0.2, 0) is 16.1 Å². The van der Waals surface area contributed by atoms with E-state index in [0.29, 0.717) is 38.4 Å². The molecule has 1 aliphatic heterocycles. The molecule has 1 fully saturated rings. The summed E-state index contributed by atoms with van der Waals surface area (Å²) >= 11 is 0. The van der Waals surface area contributed by atoms with Gasteiger partial charge in [0.1, 0.15) is 11.2 Å². The smallest absolute Gasteiger partial charge is 0.271 e. The Kier molecular flexibility index (Phi) is 7.19. The molecule has 1 aromatic heterocycles. The number of carbonyl (C=O) groups excluding carboxylic acids is 2. The van der Waals surface area contributed by atoms with Gasteiger partial charge in [-0.15, -0.1) is 0 Å². The van der Waals surface area contributed by atoms with Crippen molar-refractivity contribution in [2.75, 3.05) is 19.8 Å². The lowest BCUT2D eigenvalue weighted by Gasteiger charge is -2.44. The fourth-order valence-corrected chi connectivity index (χ4v) is 5.27. The van der Waals surface area contributed by atoms with Crippen LogP contribution in [0.3, 0.4) is 0 Å². The van der Waals surface area contributed by atoms with Crippen molar-refractivity contribution in [2.24, 2.45) is 0 Å². The molecule has 6 nitrogen and oxygen atoms in total. The van der Waals surface area contributed by atoms with Crippen LogP contribution in [0.15, 0.2) is 30.3 Å². The Morgan fingerprint density at radius 3 is 2.62 bits per heavy atom. The summed E-state index contributed by atoms with van der Waals surface area (Å²) in [5.41, 5.74) is 0.745. The van der Waals surface area contributed by atoms with Gasteiger partial charge in [0.15, 0.2) is 0 Å². The second kappa shape index (κ2) is 10.1. The monoisotopic (exact) mass is 439 g/mol. The molecule has 6 heteroatoms. The average Bonchev–Trinajstić information content (AvgIpc) is 3.13. The molecule has 1 unspecified atom stereocenters. The van der Waals surface area contributed by atoms with E-state index in [2.05, 4.69) is 5.32 Å². The molecule has 1 N–H and O–H groups in total. The van der Waals surface area contributed by atoms with Crippen molar-refractivity contribution in [2.45, 2.75) is 83.3 Å². The molecule has 0 radical (unpaired) electrons. The highest BCUT2D eigenvalue weighted by Crippen LogP contribution is 2.33. The van der Waals surface area contributed by atoms with Gasteiger partial charge in [0.25, 0.3) is 5.91 Å². The Balaban J connectivity index is 1.62. The highest BCUT2D eigenvalue weighted by molar-refractivity contribution is 6.03. The first kappa shape index (κ1) is 22.8. The number of aromatic nitrogens is 1. The number of fused-ring (bicyclic) bond motifs is 3. The van der Waals surface area contributed by atoms with Gasteiger partial charge in [0.05, 0.1) is 6.54 Å². The van der Waals surface area contributed by atoms with Gasteiger partial charge in [-0.1, -0.05) is 50.3 Å². The van der Waals surface area contributed by atoms with E-state index in [4.69, 9.17) is 4.74 Å². The van der Waals surface area contributed by atoms with Crippen LogP contribution < -0.4 is 5.32 Å². The lowest BCUT2D eigenvalue weighted by atomic mass is 9.92. The summed E-state index contributed by atoms with van der Waals surface area (Å²) in [5, 5.41) is 4.38. The Morgan fingerprint density at radius 1 is 1.16 bits per heavy atom. The van der Waals surface area contributed by atoms with E-state index in [1.807, 2.05) is 48.7 Å². The van der Waals surface area contributed by atoms with Gasteiger partial charge in [-0.3, -0.25) is 9.59 Å². The summed E-state index contributed by atoms with van der Waals surface area (Å²) in [6.45, 7) is 6.12. The van der Waals surface area contributed by atoms with Gasteiger partial charge in [0, 0.05) is 36.7 Å². The predicted molar refractivity (Wildman–Crippen MR) is 127 cm³/mol. The fourth-order valence-electron chi connectivity index (χ4n) is 5.27. The van der Waals surface area contributed by atoms with Crippen LogP contribution in [0.25, 0.3) is 10.9 Å². The first-order chi connectivity index (χ1) is 15.5. The van der Waals surface area contributed by atoms with Crippen molar-refractivity contribution in [1.82, 2.24) is 14.8 Å². The molecule has 174 valence electrons. The highest BCUT2D eigenvalue weighted by atomic mass is 16.5. The molecule has 4 rings (SSSR count). The number of para-hydroxylation sites is 1. The van der Waals surface area contributed by atoms with Gasteiger partial charge < -0.3 is 19.5 Å². The first-order valence-electron chi connectivity index (χ1n) is 12.3. The van der Waals surface area contributed by atoms with Gasteiger partial charge in [-0.2, -0.15) is 0 Å². The molecule has 0 bridgehead atoms. The van der Waals surface area contributed by atoms with Crippen LogP contribution in [0.5, 0.6) is 0 Å². The predicted octanol–water partition coefficient (Wildman–Crippen LogP) is 4.51. The molecule has 0 saturated heterocycles. The van der Waals surface area contributed by atoms with E-state index < -0.39 is 5.54 Å². The van der Waals surface area contributed by atoms with Crippen LogP contribution in [0.4, 0.5) is 0 Å². The molecule has 1 aromatic carbocycles. The zero-order chi connectivity index (χ0) is 22.6. The van der Waals surface area contributed by atoms with Gasteiger partial charge in [-0.05, 0) is 45.2 Å². The van der Waals surface area contributed by atoms with E-state index in [1.54, 1.807) is 4.90 Å². The maximum Gasteiger partial charge on any atom is 0.271 e. The summed E-state index contributed by atoms with van der Waals surface area (Å²) in [4.78, 5) is 29.2. The van der Waals surface area contributed by atoms with E-state index in [1.165, 1.54) is 19.3 Å². The first-order valence-corrected chi connectivity index (χ1v) is 12.3. The van der Waals surface area contributed by atoms with Crippen molar-refractivity contribution >= 4 is 22.7 Å². The summed E-state index contributed by atoms with van der Waals surface area (Å²) in [6, 6.07) is 10.2. The van der Waals surface area contributed by atoms with E-state index >= 15 is 0 Å². The molecule has 32 heavy (non-hydrogen) atoms. The van der Waals surface area contributed by atoms with Crippen molar-refractivity contribution in [1.29, 1.82) is 0 Å². The molecular weight excluding hydrogens is 402 g/mol. The number of nitrogens with one attached hydrogen (secondary N) is 1. The standard InChI is InChI=1S/C26H37N3O3/c1-3-32-17-11-16-29-24(30)23-18-20-12-9-10-15-22(20)28(23)19-26(29,2)25(31)27-21-13-7-5-4-6-8-14-21/h9-10,12,15,18,21H,3-8,11,13-14,16-17,19H2,1-2H3,(H,27,31). The number of amides is 2. The molecule has 2 aromatic rings. The molecule has 1 atom stereocenters. The van der Waals surface area contributed by atoms with E-state index in [-0.39, 0.29) is 17.9 Å². The number of carbonyl (C=O) groups is 2. The zero-order valence-electron chi connectivity index (χ0n) is 19.6. The van der Waals surface area contributed by atoms with Gasteiger partial charge >= 0.3 is 0 Å². The fraction of sp³-hybridized carbons (Fsp3) is 0.615. The Labute approximate surface area is 191 Å². The van der Waals surface area contributed by atoms with Crippen LogP contribution in [-0.4, -0.2) is 52.6 Å². The SMILES string of the molecule is CCOCCCN1C(=O)c2cc3ccccc3n2CC1(C)C(=O)NC1CCCCCCC1. The third-order valence-corrected chi connectivity index (χ3v) is 7.14. The van der Waals surface area contributed by atoms with Gasteiger partial charge in [0.2, 0.25) is 5.91 Å². The van der Waals surface area contributed by atoms with Crippen LogP contribution >= 0.6 is 0 Å². The second-order valence-electron chi connectivity index (χ2n) is 9.47. The third kappa shape index (κ3) is 4.56. The molecule has 0 spiro atoms. The lowest BCUT2D eigenvalue weighted by Crippen LogP contribution is -2.65. The Hall–Kier alpha value is -2.34. The highest BCUT2D eigenvalue weighted by Gasteiger charge is 2.47. The number of hydrogen-bond donors (Lipinski definition) is 1. The lowest BCUT2D eigenvalue weighted by molar-refractivity contribution is -0.133. The van der Waals surface area contributed by atoms with Crippen LogP contribution in [0, 0.1) is 0 Å². The number of nitrogens with zero attached hydrogens (tertiary/aromatic N) is 2. The maximum atomic E-state index is 13.7. The zero-order valence-corrected chi connectivity index (χ0v) is 19.6. The summed E-state index contributed by atoms with van der Waals surface area (Å²) < 4.78 is 7.55. The summed E-state index contributed by atoms with van der Waals surface area (Å²) in [5.74, 6) is -0.101. The van der Waals surface area contributed by atoms with Crippen molar-refractivity contribution in [3.63, 3.8) is 0 Å². The summed E-state index contributed by atoms with van der Waals surface area (Å²) in [7, 11) is 0. The van der Waals surface area contributed by atoms with Crippen molar-refractivity contribution in [3.8, 4) is 0 Å². The minimum Gasteiger partial charge on any atom is -0.382 e. The minimum atomic E-state index is -0.930. The molecule has 2 amide bonds. The number of hydrogen-bond acceptors (Lipinski definition) is 3. The quantitative estimate of drug-likeness (QED) is 0.646. The molecule has 2 aliphatic rings. The largest absolute Gasteiger partial charge is 0.382 e. The topological polar surface area (TPSA) is 63.6 Å². The van der Waals surface area contributed by atoms with Gasteiger partial charge in [-0.25, -0.2) is 0 Å². The van der Waals surface area contributed by atoms with E-state index in [0.717, 1.165) is 36.6 Å². The Bertz CT molecular complexity index is 945. The average molecular weight is 440 g/mol. The Morgan fingerprint density at radius 2 is 1.88 bits per heavy atom. The minimum absolute atomic E-state index is 0.0312. The maximum absolute atomic E-state index is 13.7.